The summed E-state index contributed by atoms with van der Waals surface area (Å²) in [6.07, 6.45) is -0.743. The zero-order valence-electron chi connectivity index (χ0n) is 15.4. The third-order valence-corrected chi connectivity index (χ3v) is 5.27. The minimum Gasteiger partial charge on any atom is -0.493 e. The number of ether oxygens (including phenoxy) is 3. The zero-order chi connectivity index (χ0) is 19.8. The van der Waals surface area contributed by atoms with Crippen LogP contribution in [-0.4, -0.2) is 30.7 Å². The van der Waals surface area contributed by atoms with E-state index in [0.29, 0.717) is 39.4 Å². The molecular weight excluding hydrogens is 392 g/mol. The van der Waals surface area contributed by atoms with Gasteiger partial charge in [0.2, 0.25) is 6.10 Å². The molecule has 5 rings (SSSR count). The normalized spacial score (nSPS) is 15.3. The average molecular weight is 408 g/mol. The van der Waals surface area contributed by atoms with Crippen LogP contribution in [0.3, 0.4) is 0 Å². The molecule has 0 fully saturated rings. The van der Waals surface area contributed by atoms with E-state index in [-0.39, 0.29) is 12.5 Å². The lowest BCUT2D eigenvalue weighted by Crippen LogP contribution is -2.40. The number of para-hydroxylation sites is 3. The summed E-state index contributed by atoms with van der Waals surface area (Å²) in [5, 5.41) is 5.99. The number of furan rings is 1. The maximum atomic E-state index is 12.6. The van der Waals surface area contributed by atoms with Crippen molar-refractivity contribution in [2.24, 2.45) is 0 Å². The lowest BCUT2D eigenvalue weighted by molar-refractivity contribution is -0.125. The monoisotopic (exact) mass is 408 g/mol. The quantitative estimate of drug-likeness (QED) is 0.541. The van der Waals surface area contributed by atoms with Gasteiger partial charge in [0.1, 0.15) is 12.3 Å². The average Bonchev–Trinajstić information content (AvgIpc) is 3.40. The van der Waals surface area contributed by atoms with Crippen molar-refractivity contribution in [2.45, 2.75) is 6.10 Å². The third kappa shape index (κ3) is 3.27. The van der Waals surface area contributed by atoms with Gasteiger partial charge in [-0.1, -0.05) is 24.3 Å². The molecule has 8 heteroatoms. The van der Waals surface area contributed by atoms with Crippen LogP contribution in [0.4, 0.5) is 5.13 Å². The molecule has 0 saturated carbocycles. The first-order valence-electron chi connectivity index (χ1n) is 8.93. The Morgan fingerprint density at radius 3 is 2.93 bits per heavy atom. The fourth-order valence-corrected chi connectivity index (χ4v) is 3.80. The number of nitrogens with one attached hydrogen (secondary N) is 1. The number of thiazole rings is 1. The summed E-state index contributed by atoms with van der Waals surface area (Å²) >= 11 is 1.31. The molecule has 7 nitrogen and oxygen atoms in total. The molecule has 1 unspecified atom stereocenters. The molecule has 0 spiro atoms. The van der Waals surface area contributed by atoms with E-state index >= 15 is 0 Å². The molecule has 0 aliphatic carbocycles. The predicted octanol–water partition coefficient (Wildman–Crippen LogP) is 4.34. The van der Waals surface area contributed by atoms with Crippen LogP contribution in [0.5, 0.6) is 17.2 Å². The van der Waals surface area contributed by atoms with Gasteiger partial charge in [0.25, 0.3) is 5.91 Å². The second kappa shape index (κ2) is 7.14. The van der Waals surface area contributed by atoms with Crippen LogP contribution in [0, 0.1) is 0 Å². The number of carbonyl (C=O) groups excluding carboxylic acids is 1. The Morgan fingerprint density at radius 2 is 2.07 bits per heavy atom. The Hall–Kier alpha value is -3.52. The number of methoxy groups -OCH3 is 1. The van der Waals surface area contributed by atoms with Crippen molar-refractivity contribution in [1.82, 2.24) is 4.98 Å². The smallest absolute Gasteiger partial charge is 0.270 e. The fourth-order valence-electron chi connectivity index (χ4n) is 3.10. The maximum Gasteiger partial charge on any atom is 0.270 e. The van der Waals surface area contributed by atoms with Crippen LogP contribution in [0.25, 0.3) is 22.4 Å². The van der Waals surface area contributed by atoms with E-state index in [1.807, 2.05) is 41.8 Å². The summed E-state index contributed by atoms with van der Waals surface area (Å²) in [6, 6.07) is 14.8. The molecule has 146 valence electrons. The first-order chi connectivity index (χ1) is 14.2. The molecule has 0 saturated heterocycles. The second-order valence-corrected chi connectivity index (χ2v) is 7.24. The molecule has 1 aliphatic rings. The number of carbonyl (C=O) groups is 1. The van der Waals surface area contributed by atoms with Gasteiger partial charge in [0.05, 0.1) is 7.11 Å². The molecule has 1 atom stereocenters. The number of fused-ring (bicyclic) bond motifs is 2. The van der Waals surface area contributed by atoms with Gasteiger partial charge in [-0.25, -0.2) is 4.98 Å². The summed E-state index contributed by atoms with van der Waals surface area (Å²) in [4.78, 5) is 17.0. The fraction of sp³-hybridized carbons (Fsp3) is 0.143. The van der Waals surface area contributed by atoms with E-state index in [1.54, 1.807) is 19.2 Å². The van der Waals surface area contributed by atoms with Gasteiger partial charge in [-0.15, -0.1) is 11.3 Å². The number of amides is 1. The third-order valence-electron chi connectivity index (χ3n) is 4.52. The van der Waals surface area contributed by atoms with Crippen molar-refractivity contribution in [3.05, 3.63) is 53.9 Å². The minimum absolute atomic E-state index is 0.143. The predicted molar refractivity (Wildman–Crippen MR) is 109 cm³/mol. The molecule has 2 aromatic carbocycles. The molecule has 3 heterocycles. The first-order valence-corrected chi connectivity index (χ1v) is 9.81. The lowest BCUT2D eigenvalue weighted by Gasteiger charge is -2.25. The van der Waals surface area contributed by atoms with Gasteiger partial charge < -0.3 is 18.6 Å². The molecule has 0 radical (unpaired) electrons. The molecule has 1 N–H and O–H groups in total. The first kappa shape index (κ1) is 17.6. The molecule has 0 bridgehead atoms. The van der Waals surface area contributed by atoms with Crippen molar-refractivity contribution in [3.63, 3.8) is 0 Å². The highest BCUT2D eigenvalue weighted by atomic mass is 32.1. The maximum absolute atomic E-state index is 12.6. The highest BCUT2D eigenvalue weighted by Gasteiger charge is 2.28. The van der Waals surface area contributed by atoms with Crippen LogP contribution in [0.1, 0.15) is 0 Å². The Bertz CT molecular complexity index is 1200. The molecular formula is C21H16N2O5S. The summed E-state index contributed by atoms with van der Waals surface area (Å²) in [5.41, 5.74) is 1.30. The van der Waals surface area contributed by atoms with Crippen molar-refractivity contribution in [3.8, 4) is 28.7 Å². The van der Waals surface area contributed by atoms with Gasteiger partial charge in [-0.3, -0.25) is 10.1 Å². The number of nitrogens with zero attached hydrogens (tertiary/aromatic N) is 1. The van der Waals surface area contributed by atoms with Gasteiger partial charge in [-0.2, -0.15) is 0 Å². The van der Waals surface area contributed by atoms with E-state index < -0.39 is 6.10 Å². The van der Waals surface area contributed by atoms with Crippen LogP contribution in [0.2, 0.25) is 0 Å². The van der Waals surface area contributed by atoms with Crippen molar-refractivity contribution < 1.29 is 23.4 Å². The summed E-state index contributed by atoms with van der Waals surface area (Å²) < 4.78 is 22.6. The SMILES string of the molecule is COc1cccc2cc(-c3csc(NC(=O)C4COc5ccccc5O4)n3)oc12. The molecule has 29 heavy (non-hydrogen) atoms. The zero-order valence-corrected chi connectivity index (χ0v) is 16.2. The molecule has 4 aromatic rings. The van der Waals surface area contributed by atoms with Gasteiger partial charge >= 0.3 is 0 Å². The van der Waals surface area contributed by atoms with E-state index in [4.69, 9.17) is 18.6 Å². The van der Waals surface area contributed by atoms with E-state index in [2.05, 4.69) is 10.3 Å². The number of hydrogen-bond donors (Lipinski definition) is 1. The van der Waals surface area contributed by atoms with Gasteiger partial charge in [0, 0.05) is 10.8 Å². The van der Waals surface area contributed by atoms with Crippen LogP contribution in [0.15, 0.2) is 58.3 Å². The number of benzene rings is 2. The highest BCUT2D eigenvalue weighted by molar-refractivity contribution is 7.14. The van der Waals surface area contributed by atoms with E-state index in [9.17, 15) is 4.79 Å². The summed E-state index contributed by atoms with van der Waals surface area (Å²) in [6.45, 7) is 0.143. The number of anilines is 1. The number of aromatic nitrogens is 1. The van der Waals surface area contributed by atoms with Gasteiger partial charge in [0.15, 0.2) is 33.7 Å². The Balaban J connectivity index is 1.32. The van der Waals surface area contributed by atoms with Gasteiger partial charge in [-0.05, 0) is 24.3 Å². The van der Waals surface area contributed by atoms with Crippen molar-refractivity contribution in [1.29, 1.82) is 0 Å². The molecule has 2 aromatic heterocycles. The molecule has 1 aliphatic heterocycles. The second-order valence-electron chi connectivity index (χ2n) is 6.38. The van der Waals surface area contributed by atoms with Crippen molar-refractivity contribution in [2.75, 3.05) is 19.0 Å². The number of rotatable bonds is 4. The van der Waals surface area contributed by atoms with Crippen LogP contribution >= 0.6 is 11.3 Å². The Labute approximate surface area is 169 Å². The Kier molecular flexibility index (Phi) is 4.33. The lowest BCUT2D eigenvalue weighted by atomic mass is 10.2. The van der Waals surface area contributed by atoms with E-state index in [1.165, 1.54) is 11.3 Å². The van der Waals surface area contributed by atoms with Crippen LogP contribution < -0.4 is 19.5 Å². The summed E-state index contributed by atoms with van der Waals surface area (Å²) in [5.74, 6) is 2.13. The molecule has 1 amide bonds. The largest absolute Gasteiger partial charge is 0.493 e. The van der Waals surface area contributed by atoms with Crippen molar-refractivity contribution >= 4 is 33.3 Å². The summed E-state index contributed by atoms with van der Waals surface area (Å²) in [7, 11) is 1.60. The standard InChI is InChI=1S/C21H16N2O5S/c1-25-16-8-4-5-12-9-17(28-19(12)16)13-11-29-21(22-13)23-20(24)18-10-26-14-6-2-3-7-15(14)27-18/h2-9,11,18H,10H2,1H3,(H,22,23,24). The minimum atomic E-state index is -0.743. The topological polar surface area (TPSA) is 82.8 Å². The highest BCUT2D eigenvalue weighted by Crippen LogP contribution is 2.35. The van der Waals surface area contributed by atoms with Crippen LogP contribution in [-0.2, 0) is 4.79 Å². The van der Waals surface area contributed by atoms with E-state index in [0.717, 1.165) is 5.39 Å². The Morgan fingerprint density at radius 1 is 1.21 bits per heavy atom. The number of hydrogen-bond acceptors (Lipinski definition) is 7.